The van der Waals surface area contributed by atoms with E-state index in [0.29, 0.717) is 24.8 Å². The maximum Gasteiger partial charge on any atom is 0.231 e. The van der Waals surface area contributed by atoms with Gasteiger partial charge in [-0.25, -0.2) is 4.98 Å². The monoisotopic (exact) mass is 557 g/mol. The summed E-state index contributed by atoms with van der Waals surface area (Å²) in [5.74, 6) is 3.58. The second-order valence-electron chi connectivity index (χ2n) is 11.4. The first-order chi connectivity index (χ1) is 20.3. The van der Waals surface area contributed by atoms with Gasteiger partial charge in [0.25, 0.3) is 0 Å². The number of nitrogens with zero attached hydrogens (tertiary/aromatic N) is 3. The maximum absolute atomic E-state index is 6.43. The molecule has 0 amide bonds. The Morgan fingerprint density at radius 1 is 0.707 bits per heavy atom. The molecule has 0 saturated carbocycles. The summed E-state index contributed by atoms with van der Waals surface area (Å²) in [6, 6.07) is 12.5. The van der Waals surface area contributed by atoms with Crippen molar-refractivity contribution in [3.63, 3.8) is 0 Å². The summed E-state index contributed by atoms with van der Waals surface area (Å²) < 4.78 is 30.0. The van der Waals surface area contributed by atoms with Crippen molar-refractivity contribution in [2.24, 2.45) is 0 Å². The molecule has 0 N–H and O–H groups in total. The number of likely N-dealkylation sites (tertiary alicyclic amines) is 2. The average Bonchev–Trinajstić information content (AvgIpc) is 3.70. The van der Waals surface area contributed by atoms with E-state index in [1.807, 2.05) is 18.2 Å². The number of aromatic nitrogens is 1. The standard InChI is InChI=1S/C33H39N3O5/c1-37-28-21-27-26(20-30(28)38-16-7-14-35-10-3-2-4-11-35)24-9-8-23-18-29-31(41-22-40-29)19-25(23)32(24)34-33(27)39-17-15-36-12-5-6-13-36/h8-9,18-21H,2-7,10-17,22H2,1H3. The SMILES string of the molecule is COc1cc2c(OCCN3CCCC3)nc3c4cc5c(cc4ccc3c2cc1OCCCN1CCCCC1)OCO5. The van der Waals surface area contributed by atoms with Gasteiger partial charge in [-0.1, -0.05) is 18.6 Å². The zero-order chi connectivity index (χ0) is 27.6. The smallest absolute Gasteiger partial charge is 0.231 e. The molecule has 0 spiro atoms. The molecule has 3 aromatic carbocycles. The van der Waals surface area contributed by atoms with E-state index in [2.05, 4.69) is 28.0 Å². The predicted octanol–water partition coefficient (Wildman–Crippen LogP) is 6.01. The Morgan fingerprint density at radius 3 is 2.24 bits per heavy atom. The molecule has 8 heteroatoms. The summed E-state index contributed by atoms with van der Waals surface area (Å²) in [4.78, 5) is 10.1. The van der Waals surface area contributed by atoms with Gasteiger partial charge in [0.15, 0.2) is 23.0 Å². The zero-order valence-corrected chi connectivity index (χ0v) is 24.0. The molecule has 2 fully saturated rings. The molecule has 0 unspecified atom stereocenters. The van der Waals surface area contributed by atoms with Crippen LogP contribution in [0, 0.1) is 0 Å². The first kappa shape index (κ1) is 26.4. The fraction of sp³-hybridized carbons (Fsp3) is 0.485. The Morgan fingerprint density at radius 2 is 1.44 bits per heavy atom. The van der Waals surface area contributed by atoms with Crippen LogP contribution in [0.5, 0.6) is 28.9 Å². The fourth-order valence-corrected chi connectivity index (χ4v) is 6.47. The number of benzene rings is 3. The summed E-state index contributed by atoms with van der Waals surface area (Å²) in [6.45, 7) is 8.11. The molecule has 3 aliphatic heterocycles. The molecule has 4 aromatic rings. The Hall–Kier alpha value is -3.49. The molecule has 8 nitrogen and oxygen atoms in total. The highest BCUT2D eigenvalue weighted by molar-refractivity contribution is 6.17. The summed E-state index contributed by atoms with van der Waals surface area (Å²) >= 11 is 0. The van der Waals surface area contributed by atoms with E-state index in [-0.39, 0.29) is 6.79 Å². The van der Waals surface area contributed by atoms with Gasteiger partial charge in [0.05, 0.1) is 19.2 Å². The Balaban J connectivity index is 1.25. The highest BCUT2D eigenvalue weighted by Gasteiger charge is 2.20. The lowest BCUT2D eigenvalue weighted by molar-refractivity contribution is 0.174. The largest absolute Gasteiger partial charge is 0.493 e. The third kappa shape index (κ3) is 5.43. The predicted molar refractivity (Wildman–Crippen MR) is 161 cm³/mol. The van der Waals surface area contributed by atoms with Gasteiger partial charge in [0.2, 0.25) is 12.7 Å². The van der Waals surface area contributed by atoms with Gasteiger partial charge < -0.3 is 28.6 Å². The van der Waals surface area contributed by atoms with Gasteiger partial charge in [-0.2, -0.15) is 0 Å². The van der Waals surface area contributed by atoms with Crippen molar-refractivity contribution < 1.29 is 23.7 Å². The average molecular weight is 558 g/mol. The first-order valence-corrected chi connectivity index (χ1v) is 15.1. The molecule has 3 aliphatic rings. The summed E-state index contributed by atoms with van der Waals surface area (Å²) in [5, 5.41) is 5.07. The van der Waals surface area contributed by atoms with Crippen LogP contribution in [-0.2, 0) is 0 Å². The molecule has 1 aromatic heterocycles. The van der Waals surface area contributed by atoms with Crippen molar-refractivity contribution in [3.05, 3.63) is 36.4 Å². The summed E-state index contributed by atoms with van der Waals surface area (Å²) in [7, 11) is 1.69. The second kappa shape index (κ2) is 11.8. The molecule has 7 rings (SSSR count). The van der Waals surface area contributed by atoms with Crippen LogP contribution < -0.4 is 23.7 Å². The van der Waals surface area contributed by atoms with Crippen LogP contribution in [0.25, 0.3) is 32.4 Å². The van der Waals surface area contributed by atoms with Gasteiger partial charge in [-0.15, -0.1) is 0 Å². The summed E-state index contributed by atoms with van der Waals surface area (Å²) in [6.07, 6.45) is 7.47. The lowest BCUT2D eigenvalue weighted by atomic mass is 10.0. The molecule has 2 saturated heterocycles. The third-order valence-electron chi connectivity index (χ3n) is 8.69. The van der Waals surface area contributed by atoms with Crippen molar-refractivity contribution >= 4 is 32.4 Å². The molecule has 0 aliphatic carbocycles. The third-order valence-corrected chi connectivity index (χ3v) is 8.69. The number of methoxy groups -OCH3 is 1. The highest BCUT2D eigenvalue weighted by Crippen LogP contribution is 2.43. The van der Waals surface area contributed by atoms with E-state index >= 15 is 0 Å². The minimum Gasteiger partial charge on any atom is -0.493 e. The molecular formula is C33H39N3O5. The molecule has 0 bridgehead atoms. The highest BCUT2D eigenvalue weighted by atomic mass is 16.7. The molecule has 0 atom stereocenters. The lowest BCUT2D eigenvalue weighted by Gasteiger charge is -2.26. The molecule has 216 valence electrons. The van der Waals surface area contributed by atoms with E-state index in [9.17, 15) is 0 Å². The van der Waals surface area contributed by atoms with E-state index < -0.39 is 0 Å². The van der Waals surface area contributed by atoms with Crippen LogP contribution in [0.2, 0.25) is 0 Å². The lowest BCUT2D eigenvalue weighted by Crippen LogP contribution is -2.31. The molecule has 41 heavy (non-hydrogen) atoms. The topological polar surface area (TPSA) is 65.5 Å². The second-order valence-corrected chi connectivity index (χ2v) is 11.4. The van der Waals surface area contributed by atoms with Gasteiger partial charge in [0.1, 0.15) is 6.61 Å². The van der Waals surface area contributed by atoms with Gasteiger partial charge in [0, 0.05) is 34.6 Å². The molecule has 4 heterocycles. The zero-order valence-electron chi connectivity index (χ0n) is 24.0. The van der Waals surface area contributed by atoms with Crippen molar-refractivity contribution in [2.45, 2.75) is 38.5 Å². The normalized spacial score (nSPS) is 17.6. The maximum atomic E-state index is 6.43. The minimum atomic E-state index is 0.239. The quantitative estimate of drug-likeness (QED) is 0.174. The van der Waals surface area contributed by atoms with Gasteiger partial charge >= 0.3 is 0 Å². The fourth-order valence-electron chi connectivity index (χ4n) is 6.47. The van der Waals surface area contributed by atoms with Crippen LogP contribution in [0.1, 0.15) is 38.5 Å². The number of rotatable bonds is 10. The minimum absolute atomic E-state index is 0.239. The molecule has 0 radical (unpaired) electrons. The van der Waals surface area contributed by atoms with Crippen LogP contribution >= 0.6 is 0 Å². The van der Waals surface area contributed by atoms with Gasteiger partial charge in [-0.05, 0) is 87.9 Å². The van der Waals surface area contributed by atoms with Crippen LogP contribution in [0.15, 0.2) is 36.4 Å². The Kier molecular flexibility index (Phi) is 7.59. The van der Waals surface area contributed by atoms with E-state index in [1.54, 1.807) is 7.11 Å². The number of fused-ring (bicyclic) bond motifs is 6. The van der Waals surface area contributed by atoms with Crippen molar-refractivity contribution in [1.29, 1.82) is 0 Å². The summed E-state index contributed by atoms with van der Waals surface area (Å²) in [5.41, 5.74) is 0.880. The van der Waals surface area contributed by atoms with Crippen molar-refractivity contribution in [1.82, 2.24) is 14.8 Å². The van der Waals surface area contributed by atoms with Crippen LogP contribution in [0.4, 0.5) is 0 Å². The van der Waals surface area contributed by atoms with E-state index in [0.717, 1.165) is 82.3 Å². The number of ether oxygens (including phenoxy) is 5. The van der Waals surface area contributed by atoms with Crippen LogP contribution in [0.3, 0.4) is 0 Å². The number of piperidine rings is 1. The number of pyridine rings is 1. The number of hydrogen-bond donors (Lipinski definition) is 0. The first-order valence-electron chi connectivity index (χ1n) is 15.1. The van der Waals surface area contributed by atoms with E-state index in [4.69, 9.17) is 28.7 Å². The Bertz CT molecular complexity index is 1550. The van der Waals surface area contributed by atoms with Crippen molar-refractivity contribution in [2.75, 3.05) is 66.4 Å². The number of hydrogen-bond acceptors (Lipinski definition) is 8. The van der Waals surface area contributed by atoms with Crippen molar-refractivity contribution in [3.8, 4) is 28.9 Å². The Labute approximate surface area is 241 Å². The van der Waals surface area contributed by atoms with E-state index in [1.165, 1.54) is 45.2 Å². The van der Waals surface area contributed by atoms with Gasteiger partial charge in [-0.3, -0.25) is 4.90 Å². The van der Waals surface area contributed by atoms with Crippen LogP contribution in [-0.4, -0.2) is 81.2 Å². The molecular weight excluding hydrogens is 518 g/mol.